The molecule has 2 rings (SSSR count). The maximum atomic E-state index is 12.0. The summed E-state index contributed by atoms with van der Waals surface area (Å²) in [4.78, 5) is 24.3. The summed E-state index contributed by atoms with van der Waals surface area (Å²) < 4.78 is 5.24. The third-order valence-electron chi connectivity index (χ3n) is 3.17. The summed E-state index contributed by atoms with van der Waals surface area (Å²) >= 11 is 0. The highest BCUT2D eigenvalue weighted by atomic mass is 16.6. The topological polar surface area (TPSA) is 66.8 Å². The Labute approximate surface area is 117 Å². The number of aliphatic carboxylic acids is 1. The molecule has 5 nitrogen and oxygen atoms in total. The van der Waals surface area contributed by atoms with Gasteiger partial charge in [0.15, 0.2) is 0 Å². The molecule has 1 amide bonds. The van der Waals surface area contributed by atoms with Crippen LogP contribution in [0.5, 0.6) is 0 Å². The van der Waals surface area contributed by atoms with E-state index in [0.717, 1.165) is 5.56 Å². The lowest BCUT2D eigenvalue weighted by molar-refractivity contribution is -0.138. The predicted molar refractivity (Wildman–Crippen MR) is 73.1 cm³/mol. The van der Waals surface area contributed by atoms with Crippen LogP contribution in [0, 0.1) is 0 Å². The van der Waals surface area contributed by atoms with Crippen LogP contribution in [0.25, 0.3) is 0 Å². The number of nitrogens with zero attached hydrogens (tertiary/aromatic N) is 1. The van der Waals surface area contributed by atoms with Gasteiger partial charge in [-0.25, -0.2) is 4.79 Å². The van der Waals surface area contributed by atoms with Crippen LogP contribution in [0.2, 0.25) is 0 Å². The molecular weight excluding hydrogens is 258 g/mol. The molecule has 1 aliphatic rings. The summed E-state index contributed by atoms with van der Waals surface area (Å²) in [5.41, 5.74) is 0.906. The second-order valence-corrected chi connectivity index (χ2v) is 4.65. The van der Waals surface area contributed by atoms with Gasteiger partial charge in [0, 0.05) is 12.6 Å². The fraction of sp³-hybridized carbons (Fsp3) is 0.333. The Bertz CT molecular complexity index is 498. The molecule has 0 spiro atoms. The molecule has 0 radical (unpaired) electrons. The van der Waals surface area contributed by atoms with Crippen molar-refractivity contribution in [1.82, 2.24) is 4.90 Å². The van der Waals surface area contributed by atoms with Gasteiger partial charge < -0.3 is 14.7 Å². The first kappa shape index (κ1) is 14.1. The molecule has 1 aromatic carbocycles. The summed E-state index contributed by atoms with van der Waals surface area (Å²) in [6, 6.07) is 9.06. The minimum Gasteiger partial charge on any atom is -0.481 e. The molecule has 0 bridgehead atoms. The Morgan fingerprint density at radius 2 is 2.00 bits per heavy atom. The van der Waals surface area contributed by atoms with Crippen molar-refractivity contribution in [3.8, 4) is 0 Å². The fourth-order valence-corrected chi connectivity index (χ4v) is 2.14. The predicted octanol–water partition coefficient (Wildman–Crippen LogP) is 2.43. The van der Waals surface area contributed by atoms with E-state index in [0.29, 0.717) is 13.0 Å². The van der Waals surface area contributed by atoms with E-state index >= 15 is 0 Å². The van der Waals surface area contributed by atoms with Crippen molar-refractivity contribution in [2.45, 2.75) is 25.5 Å². The van der Waals surface area contributed by atoms with E-state index in [-0.39, 0.29) is 19.1 Å². The molecule has 1 unspecified atom stereocenters. The standard InChI is InChI=1S/C15H17NO4/c17-14(18)10-13-8-4-5-9-16(13)15(19)20-11-12-6-2-1-3-7-12/h1-7,13H,8-11H2,(H,17,18). The van der Waals surface area contributed by atoms with E-state index in [1.165, 1.54) is 4.90 Å². The number of carbonyl (C=O) groups excluding carboxylic acids is 1. The first-order chi connectivity index (χ1) is 9.66. The van der Waals surface area contributed by atoms with Crippen LogP contribution in [-0.2, 0) is 16.1 Å². The highest BCUT2D eigenvalue weighted by Crippen LogP contribution is 2.16. The number of carbonyl (C=O) groups is 2. The smallest absolute Gasteiger partial charge is 0.410 e. The minimum absolute atomic E-state index is 0.0647. The molecular formula is C15H17NO4. The maximum absolute atomic E-state index is 12.0. The quantitative estimate of drug-likeness (QED) is 0.857. The Morgan fingerprint density at radius 1 is 1.25 bits per heavy atom. The van der Waals surface area contributed by atoms with E-state index in [9.17, 15) is 9.59 Å². The number of hydrogen-bond acceptors (Lipinski definition) is 3. The second kappa shape index (κ2) is 6.75. The van der Waals surface area contributed by atoms with Gasteiger partial charge in [0.25, 0.3) is 0 Å². The molecule has 0 aromatic heterocycles. The van der Waals surface area contributed by atoms with Gasteiger partial charge in [0.2, 0.25) is 0 Å². The zero-order chi connectivity index (χ0) is 14.4. The Kier molecular flexibility index (Phi) is 4.76. The van der Waals surface area contributed by atoms with Crippen LogP contribution in [-0.4, -0.2) is 34.7 Å². The Hall–Kier alpha value is -2.30. The molecule has 1 atom stereocenters. The number of amides is 1. The average Bonchev–Trinajstić information content (AvgIpc) is 2.46. The third-order valence-corrected chi connectivity index (χ3v) is 3.17. The van der Waals surface area contributed by atoms with Crippen LogP contribution >= 0.6 is 0 Å². The molecule has 1 N–H and O–H groups in total. The lowest BCUT2D eigenvalue weighted by Crippen LogP contribution is -2.43. The minimum atomic E-state index is -0.911. The summed E-state index contributed by atoms with van der Waals surface area (Å²) in [7, 11) is 0. The zero-order valence-electron chi connectivity index (χ0n) is 11.1. The molecule has 0 fully saturated rings. The van der Waals surface area contributed by atoms with Crippen LogP contribution in [0.15, 0.2) is 42.5 Å². The Balaban J connectivity index is 1.93. The fourth-order valence-electron chi connectivity index (χ4n) is 2.14. The van der Waals surface area contributed by atoms with Crippen molar-refractivity contribution < 1.29 is 19.4 Å². The van der Waals surface area contributed by atoms with Gasteiger partial charge in [-0.1, -0.05) is 42.5 Å². The van der Waals surface area contributed by atoms with E-state index in [4.69, 9.17) is 9.84 Å². The largest absolute Gasteiger partial charge is 0.481 e. The molecule has 0 aliphatic carbocycles. The van der Waals surface area contributed by atoms with Crippen LogP contribution in [0.4, 0.5) is 4.79 Å². The number of carboxylic acids is 1. The lowest BCUT2D eigenvalue weighted by Gasteiger charge is -2.31. The first-order valence-electron chi connectivity index (χ1n) is 6.51. The van der Waals surface area contributed by atoms with E-state index in [1.807, 2.05) is 42.5 Å². The van der Waals surface area contributed by atoms with Crippen LogP contribution in [0.1, 0.15) is 18.4 Å². The van der Waals surface area contributed by atoms with Gasteiger partial charge in [-0.2, -0.15) is 0 Å². The van der Waals surface area contributed by atoms with Crippen LogP contribution < -0.4 is 0 Å². The van der Waals surface area contributed by atoms with Crippen molar-refractivity contribution in [3.05, 3.63) is 48.0 Å². The van der Waals surface area contributed by atoms with Gasteiger partial charge in [0.05, 0.1) is 6.42 Å². The van der Waals surface area contributed by atoms with Crippen molar-refractivity contribution in [3.63, 3.8) is 0 Å². The van der Waals surface area contributed by atoms with E-state index in [1.54, 1.807) is 0 Å². The molecule has 1 aromatic rings. The van der Waals surface area contributed by atoms with Crippen molar-refractivity contribution in [2.24, 2.45) is 0 Å². The van der Waals surface area contributed by atoms with Gasteiger partial charge >= 0.3 is 12.1 Å². The normalized spacial score (nSPS) is 17.8. The number of carboxylic acid groups (broad SMARTS) is 1. The molecule has 0 saturated heterocycles. The number of hydrogen-bond donors (Lipinski definition) is 1. The molecule has 106 valence electrons. The first-order valence-corrected chi connectivity index (χ1v) is 6.51. The summed E-state index contributed by atoms with van der Waals surface area (Å²) in [5.74, 6) is -0.911. The van der Waals surface area contributed by atoms with Gasteiger partial charge in [0.1, 0.15) is 6.61 Å². The lowest BCUT2D eigenvalue weighted by atomic mass is 10.1. The molecule has 1 heterocycles. The van der Waals surface area contributed by atoms with Crippen LogP contribution in [0.3, 0.4) is 0 Å². The van der Waals surface area contributed by atoms with Crippen molar-refractivity contribution in [2.75, 3.05) is 6.54 Å². The number of rotatable bonds is 4. The summed E-state index contributed by atoms with van der Waals surface area (Å²) in [6.45, 7) is 0.589. The highest BCUT2D eigenvalue weighted by Gasteiger charge is 2.27. The maximum Gasteiger partial charge on any atom is 0.410 e. The SMILES string of the molecule is O=C(O)CC1CC=CCN1C(=O)OCc1ccccc1. The third kappa shape index (κ3) is 3.85. The summed E-state index contributed by atoms with van der Waals surface area (Å²) in [6.07, 6.45) is 3.76. The molecule has 20 heavy (non-hydrogen) atoms. The van der Waals surface area contributed by atoms with Crippen molar-refractivity contribution in [1.29, 1.82) is 0 Å². The highest BCUT2D eigenvalue weighted by molar-refractivity contribution is 5.72. The summed E-state index contributed by atoms with van der Waals surface area (Å²) in [5, 5.41) is 8.87. The average molecular weight is 275 g/mol. The molecule has 1 aliphatic heterocycles. The zero-order valence-corrected chi connectivity index (χ0v) is 11.1. The van der Waals surface area contributed by atoms with Crippen molar-refractivity contribution >= 4 is 12.1 Å². The van der Waals surface area contributed by atoms with Gasteiger partial charge in [-0.05, 0) is 12.0 Å². The number of ether oxygens (including phenoxy) is 1. The molecule has 0 saturated carbocycles. The van der Waals surface area contributed by atoms with E-state index < -0.39 is 12.1 Å². The Morgan fingerprint density at radius 3 is 2.70 bits per heavy atom. The van der Waals surface area contributed by atoms with E-state index in [2.05, 4.69) is 0 Å². The second-order valence-electron chi connectivity index (χ2n) is 4.65. The van der Waals surface area contributed by atoms with Gasteiger partial charge in [-0.15, -0.1) is 0 Å². The van der Waals surface area contributed by atoms with Gasteiger partial charge in [-0.3, -0.25) is 4.79 Å². The molecule has 5 heteroatoms. The number of benzene rings is 1. The monoisotopic (exact) mass is 275 g/mol.